The number of rotatable bonds is 6. The molecule has 0 aliphatic carbocycles. The van der Waals surface area contributed by atoms with Crippen molar-refractivity contribution in [2.24, 2.45) is 0 Å². The SMILES string of the molecule is O=C(c1cccnc1)N(CCc1ccccc1)Cc1ccc2c(c1)OCCO2. The molecule has 5 heteroatoms. The van der Waals surface area contributed by atoms with Gasteiger partial charge in [0.2, 0.25) is 0 Å². The Morgan fingerprint density at radius 2 is 1.75 bits per heavy atom. The maximum absolute atomic E-state index is 13.1. The lowest BCUT2D eigenvalue weighted by Crippen LogP contribution is -2.32. The van der Waals surface area contributed by atoms with Crippen LogP contribution in [0.2, 0.25) is 0 Å². The highest BCUT2D eigenvalue weighted by molar-refractivity contribution is 5.93. The molecule has 0 spiro atoms. The molecule has 3 aromatic rings. The lowest BCUT2D eigenvalue weighted by atomic mass is 10.1. The molecule has 5 nitrogen and oxygen atoms in total. The first-order valence-corrected chi connectivity index (χ1v) is 9.41. The molecule has 0 atom stereocenters. The molecule has 2 heterocycles. The normalized spacial score (nSPS) is 12.4. The van der Waals surface area contributed by atoms with Crippen LogP contribution < -0.4 is 9.47 Å². The zero-order valence-corrected chi connectivity index (χ0v) is 15.6. The number of benzene rings is 2. The number of pyridine rings is 1. The zero-order valence-electron chi connectivity index (χ0n) is 15.6. The Morgan fingerprint density at radius 1 is 0.929 bits per heavy atom. The van der Waals surface area contributed by atoms with Crippen LogP contribution in [-0.4, -0.2) is 35.5 Å². The zero-order chi connectivity index (χ0) is 19.2. The fourth-order valence-corrected chi connectivity index (χ4v) is 3.24. The van der Waals surface area contributed by atoms with E-state index in [1.165, 1.54) is 5.56 Å². The largest absolute Gasteiger partial charge is 0.486 e. The third kappa shape index (κ3) is 4.31. The van der Waals surface area contributed by atoms with Crippen LogP contribution in [-0.2, 0) is 13.0 Å². The van der Waals surface area contributed by atoms with Crippen molar-refractivity contribution in [3.63, 3.8) is 0 Å². The highest BCUT2D eigenvalue weighted by atomic mass is 16.6. The Balaban J connectivity index is 1.54. The van der Waals surface area contributed by atoms with Crippen LogP contribution in [0.15, 0.2) is 73.1 Å². The van der Waals surface area contributed by atoms with Gasteiger partial charge in [0.15, 0.2) is 11.5 Å². The molecule has 4 rings (SSSR count). The van der Waals surface area contributed by atoms with Gasteiger partial charge in [0.25, 0.3) is 5.91 Å². The molecule has 142 valence electrons. The molecular weight excluding hydrogens is 352 g/mol. The molecule has 0 fully saturated rings. The average molecular weight is 374 g/mol. The Labute approximate surface area is 164 Å². The second kappa shape index (κ2) is 8.57. The molecule has 0 unspecified atom stereocenters. The van der Waals surface area contributed by atoms with E-state index >= 15 is 0 Å². The van der Waals surface area contributed by atoms with Crippen LogP contribution in [0.25, 0.3) is 0 Å². The maximum Gasteiger partial charge on any atom is 0.255 e. The van der Waals surface area contributed by atoms with Crippen LogP contribution in [0.5, 0.6) is 11.5 Å². The van der Waals surface area contributed by atoms with Gasteiger partial charge in [-0.1, -0.05) is 36.4 Å². The summed E-state index contributed by atoms with van der Waals surface area (Å²) in [4.78, 5) is 19.0. The Morgan fingerprint density at radius 3 is 2.54 bits per heavy atom. The lowest BCUT2D eigenvalue weighted by Gasteiger charge is -2.24. The Bertz CT molecular complexity index is 929. The van der Waals surface area contributed by atoms with Gasteiger partial charge < -0.3 is 14.4 Å². The van der Waals surface area contributed by atoms with Crippen LogP contribution in [0.1, 0.15) is 21.5 Å². The van der Waals surface area contributed by atoms with Crippen LogP contribution in [0.3, 0.4) is 0 Å². The number of nitrogens with zero attached hydrogens (tertiary/aromatic N) is 2. The molecule has 1 aliphatic heterocycles. The summed E-state index contributed by atoms with van der Waals surface area (Å²) in [6.45, 7) is 2.22. The summed E-state index contributed by atoms with van der Waals surface area (Å²) >= 11 is 0. The van der Waals surface area contributed by atoms with Gasteiger partial charge in [0.05, 0.1) is 5.56 Å². The predicted molar refractivity (Wildman–Crippen MR) is 107 cm³/mol. The molecule has 0 bridgehead atoms. The summed E-state index contributed by atoms with van der Waals surface area (Å²) in [7, 11) is 0. The van der Waals surface area contributed by atoms with Gasteiger partial charge in [0, 0.05) is 25.5 Å². The second-order valence-corrected chi connectivity index (χ2v) is 6.68. The van der Waals surface area contributed by atoms with Gasteiger partial charge in [-0.25, -0.2) is 0 Å². The number of ether oxygens (including phenoxy) is 2. The van der Waals surface area contributed by atoms with Crippen molar-refractivity contribution in [2.45, 2.75) is 13.0 Å². The molecule has 28 heavy (non-hydrogen) atoms. The number of carbonyl (C=O) groups excluding carboxylic acids is 1. The van der Waals surface area contributed by atoms with Crippen molar-refractivity contribution in [1.29, 1.82) is 0 Å². The third-order valence-corrected chi connectivity index (χ3v) is 4.69. The van der Waals surface area contributed by atoms with Gasteiger partial charge >= 0.3 is 0 Å². The monoisotopic (exact) mass is 374 g/mol. The van der Waals surface area contributed by atoms with Gasteiger partial charge in [0.1, 0.15) is 13.2 Å². The van der Waals surface area contributed by atoms with E-state index in [9.17, 15) is 4.79 Å². The third-order valence-electron chi connectivity index (χ3n) is 4.69. The summed E-state index contributed by atoms with van der Waals surface area (Å²) in [5.41, 5.74) is 2.80. The average Bonchev–Trinajstić information content (AvgIpc) is 2.77. The number of fused-ring (bicyclic) bond motifs is 1. The quantitative estimate of drug-likeness (QED) is 0.660. The van der Waals surface area contributed by atoms with Crippen molar-refractivity contribution in [3.8, 4) is 11.5 Å². The van der Waals surface area contributed by atoms with Crippen LogP contribution in [0, 0.1) is 0 Å². The summed E-state index contributed by atoms with van der Waals surface area (Å²) in [6.07, 6.45) is 4.07. The van der Waals surface area contributed by atoms with Crippen molar-refractivity contribution in [2.75, 3.05) is 19.8 Å². The van der Waals surface area contributed by atoms with Crippen molar-refractivity contribution >= 4 is 5.91 Å². The standard InChI is InChI=1S/C23H22N2O3/c26-23(20-7-4-11-24-16-20)25(12-10-18-5-2-1-3-6-18)17-19-8-9-21-22(15-19)28-14-13-27-21/h1-9,11,15-16H,10,12-14,17H2. The van der Waals surface area contributed by atoms with Gasteiger partial charge in [-0.3, -0.25) is 9.78 Å². The van der Waals surface area contributed by atoms with E-state index < -0.39 is 0 Å². The molecule has 0 saturated carbocycles. The summed E-state index contributed by atoms with van der Waals surface area (Å²) in [5, 5.41) is 0. The van der Waals surface area contributed by atoms with E-state index in [1.807, 2.05) is 41.3 Å². The first-order valence-electron chi connectivity index (χ1n) is 9.41. The van der Waals surface area contributed by atoms with E-state index in [4.69, 9.17) is 9.47 Å². The number of amides is 1. The number of carbonyl (C=O) groups is 1. The molecule has 0 N–H and O–H groups in total. The number of aromatic nitrogens is 1. The van der Waals surface area contributed by atoms with E-state index in [2.05, 4.69) is 17.1 Å². The summed E-state index contributed by atoms with van der Waals surface area (Å²) < 4.78 is 11.3. The minimum absolute atomic E-state index is 0.0288. The van der Waals surface area contributed by atoms with E-state index in [0.717, 1.165) is 23.5 Å². The first-order chi connectivity index (χ1) is 13.8. The minimum atomic E-state index is -0.0288. The minimum Gasteiger partial charge on any atom is -0.486 e. The van der Waals surface area contributed by atoms with E-state index in [1.54, 1.807) is 24.5 Å². The summed E-state index contributed by atoms with van der Waals surface area (Å²) in [5.74, 6) is 1.46. The molecule has 1 aromatic heterocycles. The molecule has 2 aromatic carbocycles. The maximum atomic E-state index is 13.1. The molecule has 1 aliphatic rings. The van der Waals surface area contributed by atoms with Crippen molar-refractivity contribution in [1.82, 2.24) is 9.88 Å². The second-order valence-electron chi connectivity index (χ2n) is 6.68. The van der Waals surface area contributed by atoms with E-state index in [-0.39, 0.29) is 5.91 Å². The first kappa shape index (κ1) is 18.0. The van der Waals surface area contributed by atoms with Gasteiger partial charge in [-0.2, -0.15) is 0 Å². The molecular formula is C23H22N2O3. The topological polar surface area (TPSA) is 51.7 Å². The number of hydrogen-bond acceptors (Lipinski definition) is 4. The molecule has 1 amide bonds. The highest BCUT2D eigenvalue weighted by Gasteiger charge is 2.18. The van der Waals surface area contributed by atoms with E-state index in [0.29, 0.717) is 31.9 Å². The van der Waals surface area contributed by atoms with Crippen molar-refractivity contribution < 1.29 is 14.3 Å². The summed E-state index contributed by atoms with van der Waals surface area (Å²) in [6, 6.07) is 19.6. The molecule has 0 radical (unpaired) electrons. The Hall–Kier alpha value is -3.34. The van der Waals surface area contributed by atoms with Crippen molar-refractivity contribution in [3.05, 3.63) is 89.7 Å². The fraction of sp³-hybridized carbons (Fsp3) is 0.217. The fourth-order valence-electron chi connectivity index (χ4n) is 3.24. The lowest BCUT2D eigenvalue weighted by molar-refractivity contribution is 0.0744. The predicted octanol–water partition coefficient (Wildman–Crippen LogP) is 3.74. The van der Waals surface area contributed by atoms with Gasteiger partial charge in [-0.05, 0) is 41.8 Å². The number of hydrogen-bond donors (Lipinski definition) is 0. The van der Waals surface area contributed by atoms with Gasteiger partial charge in [-0.15, -0.1) is 0 Å². The molecule has 0 saturated heterocycles. The van der Waals surface area contributed by atoms with Crippen LogP contribution >= 0.6 is 0 Å². The highest BCUT2D eigenvalue weighted by Crippen LogP contribution is 2.31. The van der Waals surface area contributed by atoms with Crippen LogP contribution in [0.4, 0.5) is 0 Å². The Kier molecular flexibility index (Phi) is 5.52. The smallest absolute Gasteiger partial charge is 0.255 e.